The Morgan fingerprint density at radius 1 is 1.37 bits per heavy atom. The van der Waals surface area contributed by atoms with E-state index < -0.39 is 5.97 Å². The number of nitrogens with zero attached hydrogens (tertiary/aromatic N) is 1. The summed E-state index contributed by atoms with van der Waals surface area (Å²) >= 11 is 0. The first kappa shape index (κ1) is 15.2. The van der Waals surface area contributed by atoms with E-state index in [4.69, 9.17) is 4.74 Å². The Morgan fingerprint density at radius 2 is 2.11 bits per heavy atom. The molecule has 0 aliphatic carbocycles. The van der Waals surface area contributed by atoms with Crippen LogP contribution in [0.3, 0.4) is 0 Å². The summed E-state index contributed by atoms with van der Waals surface area (Å²) in [6.45, 7) is 1.34. The number of carbonyl (C=O) groups is 2. The molecule has 0 aromatic carbocycles. The van der Waals surface area contributed by atoms with Gasteiger partial charge in [-0.2, -0.15) is 0 Å². The summed E-state index contributed by atoms with van der Waals surface area (Å²) in [6.07, 6.45) is 1.65. The Bertz CT molecular complexity index is 442. The number of methoxy groups -OCH3 is 2. The number of rotatable bonds is 7. The number of hydrogen-bond acceptors (Lipinski definition) is 5. The summed E-state index contributed by atoms with van der Waals surface area (Å²) in [7, 11) is 4.62. The van der Waals surface area contributed by atoms with Crippen LogP contribution in [0.4, 0.5) is 5.69 Å². The van der Waals surface area contributed by atoms with Crippen molar-refractivity contribution in [2.24, 2.45) is 7.05 Å². The van der Waals surface area contributed by atoms with Crippen LogP contribution in [0.15, 0.2) is 12.3 Å². The van der Waals surface area contributed by atoms with Gasteiger partial charge in [0.15, 0.2) is 0 Å². The number of hydrogen-bond donors (Lipinski definition) is 2. The first-order valence-corrected chi connectivity index (χ1v) is 5.82. The minimum absolute atomic E-state index is 0.182. The Hall–Kier alpha value is -1.86. The summed E-state index contributed by atoms with van der Waals surface area (Å²) in [6, 6.07) is 1.57. The zero-order valence-corrected chi connectivity index (χ0v) is 11.4. The predicted molar refractivity (Wildman–Crippen MR) is 70.1 cm³/mol. The van der Waals surface area contributed by atoms with Gasteiger partial charge in [0.1, 0.15) is 5.69 Å². The van der Waals surface area contributed by atoms with Crippen molar-refractivity contribution in [3.63, 3.8) is 0 Å². The monoisotopic (exact) mass is 269 g/mol. The molecule has 0 saturated carbocycles. The molecule has 2 N–H and O–H groups in total. The predicted octanol–water partition coefficient (Wildman–Crippen LogP) is -0.0138. The molecule has 0 fully saturated rings. The van der Waals surface area contributed by atoms with Gasteiger partial charge < -0.3 is 24.7 Å². The van der Waals surface area contributed by atoms with Crippen LogP contribution in [0, 0.1) is 0 Å². The lowest BCUT2D eigenvalue weighted by atomic mass is 10.4. The second kappa shape index (κ2) is 7.55. The number of nitrogens with one attached hydrogen (secondary N) is 2. The van der Waals surface area contributed by atoms with Crippen LogP contribution in [-0.4, -0.2) is 50.4 Å². The molecule has 0 radical (unpaired) electrons. The van der Waals surface area contributed by atoms with Crippen molar-refractivity contribution in [2.45, 2.75) is 0 Å². The van der Waals surface area contributed by atoms with E-state index in [-0.39, 0.29) is 12.5 Å². The molecule has 0 saturated heterocycles. The highest BCUT2D eigenvalue weighted by Crippen LogP contribution is 2.13. The fraction of sp³-hybridized carbons (Fsp3) is 0.500. The lowest BCUT2D eigenvalue weighted by molar-refractivity contribution is -0.115. The molecule has 1 amide bonds. The van der Waals surface area contributed by atoms with Crippen LogP contribution in [0.5, 0.6) is 0 Å². The molecule has 1 aromatic heterocycles. The summed E-state index contributed by atoms with van der Waals surface area (Å²) in [5, 5.41) is 5.61. The van der Waals surface area contributed by atoms with Gasteiger partial charge in [-0.3, -0.25) is 4.79 Å². The van der Waals surface area contributed by atoms with Crippen LogP contribution in [0.25, 0.3) is 0 Å². The topological polar surface area (TPSA) is 81.6 Å². The molecule has 1 heterocycles. The molecule has 0 aliphatic rings. The fourth-order valence-corrected chi connectivity index (χ4v) is 1.52. The van der Waals surface area contributed by atoms with Gasteiger partial charge in [-0.25, -0.2) is 4.79 Å². The third kappa shape index (κ3) is 4.72. The second-order valence-electron chi connectivity index (χ2n) is 3.93. The van der Waals surface area contributed by atoms with Gasteiger partial charge in [0.05, 0.1) is 25.9 Å². The van der Waals surface area contributed by atoms with E-state index in [1.54, 1.807) is 31.0 Å². The Labute approximate surface area is 111 Å². The van der Waals surface area contributed by atoms with E-state index in [2.05, 4.69) is 15.4 Å². The highest BCUT2D eigenvalue weighted by atomic mass is 16.5. The van der Waals surface area contributed by atoms with Gasteiger partial charge in [0.25, 0.3) is 0 Å². The van der Waals surface area contributed by atoms with E-state index in [1.807, 2.05) is 0 Å². The number of aromatic nitrogens is 1. The molecule has 1 aromatic rings. The average molecular weight is 269 g/mol. The standard InChI is InChI=1S/C12H19N3O4/c1-15-8-9(6-10(15)12(17)19-3)14-11(16)7-13-4-5-18-2/h6,8,13H,4-5,7H2,1-3H3,(H,14,16). The van der Waals surface area contributed by atoms with E-state index in [9.17, 15) is 9.59 Å². The van der Waals surface area contributed by atoms with Crippen molar-refractivity contribution in [3.8, 4) is 0 Å². The van der Waals surface area contributed by atoms with Crippen LogP contribution >= 0.6 is 0 Å². The highest BCUT2D eigenvalue weighted by Gasteiger charge is 2.13. The number of ether oxygens (including phenoxy) is 2. The lowest BCUT2D eigenvalue weighted by Gasteiger charge is -2.04. The van der Waals surface area contributed by atoms with Gasteiger partial charge in [0.2, 0.25) is 5.91 Å². The average Bonchev–Trinajstić information content (AvgIpc) is 2.74. The van der Waals surface area contributed by atoms with Gasteiger partial charge in [-0.1, -0.05) is 0 Å². The molecule has 0 aliphatic heterocycles. The molecule has 0 atom stereocenters. The molecule has 0 unspecified atom stereocenters. The molecule has 7 nitrogen and oxygen atoms in total. The van der Waals surface area contributed by atoms with Crippen molar-refractivity contribution in [2.75, 3.05) is 39.2 Å². The summed E-state index contributed by atoms with van der Waals surface area (Å²) < 4.78 is 11.1. The van der Waals surface area contributed by atoms with Crippen molar-refractivity contribution >= 4 is 17.6 Å². The van der Waals surface area contributed by atoms with E-state index in [1.165, 1.54) is 7.11 Å². The first-order valence-electron chi connectivity index (χ1n) is 5.82. The Morgan fingerprint density at radius 3 is 2.74 bits per heavy atom. The maximum absolute atomic E-state index is 11.6. The van der Waals surface area contributed by atoms with Gasteiger partial charge in [-0.05, 0) is 6.07 Å². The van der Waals surface area contributed by atoms with Crippen LogP contribution in [-0.2, 0) is 21.3 Å². The summed E-state index contributed by atoms with van der Waals surface area (Å²) in [5.41, 5.74) is 0.937. The highest BCUT2D eigenvalue weighted by molar-refractivity contribution is 5.95. The normalized spacial score (nSPS) is 10.3. The van der Waals surface area contributed by atoms with Crippen molar-refractivity contribution in [1.29, 1.82) is 0 Å². The molecular weight excluding hydrogens is 250 g/mol. The maximum atomic E-state index is 11.6. The number of anilines is 1. The third-order valence-electron chi connectivity index (χ3n) is 2.45. The van der Waals surface area contributed by atoms with Gasteiger partial charge in [0, 0.05) is 26.9 Å². The van der Waals surface area contributed by atoms with Crippen LogP contribution in [0.2, 0.25) is 0 Å². The smallest absolute Gasteiger partial charge is 0.354 e. The van der Waals surface area contributed by atoms with E-state index in [0.29, 0.717) is 24.5 Å². The van der Waals surface area contributed by atoms with Crippen molar-refractivity contribution in [3.05, 3.63) is 18.0 Å². The minimum Gasteiger partial charge on any atom is -0.464 e. The van der Waals surface area contributed by atoms with E-state index >= 15 is 0 Å². The lowest BCUT2D eigenvalue weighted by Crippen LogP contribution is -2.30. The van der Waals surface area contributed by atoms with Crippen LogP contribution in [0.1, 0.15) is 10.5 Å². The van der Waals surface area contributed by atoms with Crippen LogP contribution < -0.4 is 10.6 Å². The quantitative estimate of drug-likeness (QED) is 0.537. The van der Waals surface area contributed by atoms with Crippen molar-refractivity contribution < 1.29 is 19.1 Å². The summed E-state index contributed by atoms with van der Waals surface area (Å²) in [5.74, 6) is -0.626. The Balaban J connectivity index is 2.48. The zero-order chi connectivity index (χ0) is 14.3. The summed E-state index contributed by atoms with van der Waals surface area (Å²) in [4.78, 5) is 23.0. The molecule has 106 valence electrons. The number of amides is 1. The Kier molecular flexibility index (Phi) is 6.04. The largest absolute Gasteiger partial charge is 0.464 e. The molecular formula is C12H19N3O4. The number of carbonyl (C=O) groups excluding carboxylic acids is 2. The minimum atomic E-state index is -0.443. The maximum Gasteiger partial charge on any atom is 0.354 e. The fourth-order valence-electron chi connectivity index (χ4n) is 1.52. The third-order valence-corrected chi connectivity index (χ3v) is 2.45. The van der Waals surface area contributed by atoms with Gasteiger partial charge in [-0.15, -0.1) is 0 Å². The SMILES string of the molecule is COCCNCC(=O)Nc1cc(C(=O)OC)n(C)c1. The molecule has 7 heteroatoms. The number of aryl methyl sites for hydroxylation is 1. The molecule has 1 rings (SSSR count). The first-order chi connectivity index (χ1) is 9.08. The molecule has 0 spiro atoms. The number of esters is 1. The van der Waals surface area contributed by atoms with Crippen molar-refractivity contribution in [1.82, 2.24) is 9.88 Å². The second-order valence-corrected chi connectivity index (χ2v) is 3.93. The molecule has 19 heavy (non-hydrogen) atoms. The zero-order valence-electron chi connectivity index (χ0n) is 11.4. The van der Waals surface area contributed by atoms with E-state index in [0.717, 1.165) is 0 Å². The molecule has 0 bridgehead atoms. The van der Waals surface area contributed by atoms with Gasteiger partial charge >= 0.3 is 5.97 Å².